The fraction of sp³-hybridized carbons (Fsp3) is 0.875. The highest BCUT2D eigenvalue weighted by Crippen LogP contribution is 2.25. The van der Waals surface area contributed by atoms with Crippen molar-refractivity contribution in [1.82, 2.24) is 4.90 Å². The number of urea groups is 1. The Hall–Kier alpha value is -0.770. The molecule has 1 atom stereocenters. The molecule has 12 heavy (non-hydrogen) atoms. The van der Waals surface area contributed by atoms with Crippen LogP contribution in [-0.2, 0) is 0 Å². The van der Waals surface area contributed by atoms with Crippen molar-refractivity contribution < 1.29 is 9.90 Å². The summed E-state index contributed by atoms with van der Waals surface area (Å²) >= 11 is 0. The number of carbonyl (C=O) groups is 1. The molecule has 3 N–H and O–H groups in total. The van der Waals surface area contributed by atoms with Gasteiger partial charge in [0.25, 0.3) is 0 Å². The summed E-state index contributed by atoms with van der Waals surface area (Å²) in [6.45, 7) is 4.09. The number of nitrogens with two attached hydrogens (primary N) is 1. The molecular weight excluding hydrogens is 156 g/mol. The first kappa shape index (κ1) is 9.32. The lowest BCUT2D eigenvalue weighted by Crippen LogP contribution is -2.50. The number of hydrogen-bond acceptors (Lipinski definition) is 2. The van der Waals surface area contributed by atoms with E-state index in [1.54, 1.807) is 18.7 Å². The number of primary amides is 1. The van der Waals surface area contributed by atoms with Crippen LogP contribution in [0.5, 0.6) is 0 Å². The highest BCUT2D eigenvalue weighted by molar-refractivity contribution is 5.72. The van der Waals surface area contributed by atoms with Crippen LogP contribution >= 0.6 is 0 Å². The maximum Gasteiger partial charge on any atom is 0.315 e. The molecule has 0 aromatic heterocycles. The molecule has 0 saturated carbocycles. The van der Waals surface area contributed by atoms with Crippen LogP contribution in [0.3, 0.4) is 0 Å². The van der Waals surface area contributed by atoms with E-state index in [0.29, 0.717) is 6.54 Å². The van der Waals surface area contributed by atoms with E-state index in [2.05, 4.69) is 0 Å². The normalized spacial score (nSPS) is 24.6. The number of amides is 2. The minimum absolute atomic E-state index is 0.116. The predicted molar refractivity (Wildman–Crippen MR) is 45.6 cm³/mol. The monoisotopic (exact) mass is 172 g/mol. The average Bonchev–Trinajstić information content (AvgIpc) is 2.30. The zero-order valence-electron chi connectivity index (χ0n) is 7.58. The van der Waals surface area contributed by atoms with Gasteiger partial charge in [-0.15, -0.1) is 0 Å². The standard InChI is InChI=1S/C8H16N2O2/c1-8(2,12)6-4-3-5-10(6)7(9)11/h6,12H,3-5H2,1-2H3,(H2,9,11). The first-order chi connectivity index (χ1) is 5.43. The zero-order valence-corrected chi connectivity index (χ0v) is 7.58. The van der Waals surface area contributed by atoms with E-state index >= 15 is 0 Å². The van der Waals surface area contributed by atoms with Crippen molar-refractivity contribution >= 4 is 6.03 Å². The molecule has 0 aliphatic carbocycles. The van der Waals surface area contributed by atoms with E-state index in [1.807, 2.05) is 0 Å². The maximum absolute atomic E-state index is 10.9. The molecule has 1 aliphatic rings. The third kappa shape index (κ3) is 1.69. The maximum atomic E-state index is 10.9. The lowest BCUT2D eigenvalue weighted by Gasteiger charge is -2.32. The van der Waals surface area contributed by atoms with Crippen LogP contribution in [0.25, 0.3) is 0 Å². The Balaban J connectivity index is 2.71. The Bertz CT molecular complexity index is 186. The first-order valence-electron chi connectivity index (χ1n) is 4.21. The summed E-state index contributed by atoms with van der Waals surface area (Å²) in [6, 6.07) is -0.547. The van der Waals surface area contributed by atoms with Crippen LogP contribution in [-0.4, -0.2) is 34.2 Å². The molecule has 1 heterocycles. The van der Waals surface area contributed by atoms with Gasteiger partial charge in [0, 0.05) is 6.54 Å². The average molecular weight is 172 g/mol. The summed E-state index contributed by atoms with van der Waals surface area (Å²) < 4.78 is 0. The van der Waals surface area contributed by atoms with Crippen LogP contribution in [0, 0.1) is 0 Å². The number of likely N-dealkylation sites (tertiary alicyclic amines) is 1. The van der Waals surface area contributed by atoms with Crippen molar-refractivity contribution in [1.29, 1.82) is 0 Å². The second-order valence-electron chi connectivity index (χ2n) is 3.84. The summed E-state index contributed by atoms with van der Waals surface area (Å²) in [5.74, 6) is 0. The Morgan fingerprint density at radius 1 is 1.67 bits per heavy atom. The van der Waals surface area contributed by atoms with Crippen LogP contribution in [0.15, 0.2) is 0 Å². The molecule has 1 aliphatic heterocycles. The van der Waals surface area contributed by atoms with Gasteiger partial charge in [-0.05, 0) is 26.7 Å². The van der Waals surface area contributed by atoms with Gasteiger partial charge in [0.2, 0.25) is 0 Å². The summed E-state index contributed by atoms with van der Waals surface area (Å²) in [5, 5.41) is 9.69. The number of aliphatic hydroxyl groups is 1. The highest BCUT2D eigenvalue weighted by Gasteiger charge is 2.37. The second kappa shape index (κ2) is 2.94. The topological polar surface area (TPSA) is 66.6 Å². The Kier molecular flexibility index (Phi) is 2.28. The van der Waals surface area contributed by atoms with E-state index in [-0.39, 0.29) is 6.04 Å². The van der Waals surface area contributed by atoms with E-state index in [1.165, 1.54) is 0 Å². The van der Waals surface area contributed by atoms with Crippen LogP contribution in [0.1, 0.15) is 26.7 Å². The van der Waals surface area contributed by atoms with Gasteiger partial charge in [-0.2, -0.15) is 0 Å². The van der Waals surface area contributed by atoms with Crippen molar-refractivity contribution in [3.8, 4) is 0 Å². The minimum atomic E-state index is -0.842. The fourth-order valence-corrected chi connectivity index (χ4v) is 1.77. The van der Waals surface area contributed by atoms with Crippen molar-refractivity contribution in [3.63, 3.8) is 0 Å². The molecule has 4 nitrogen and oxygen atoms in total. The van der Waals surface area contributed by atoms with Crippen molar-refractivity contribution in [2.45, 2.75) is 38.3 Å². The molecule has 0 aromatic rings. The van der Waals surface area contributed by atoms with Gasteiger partial charge in [-0.25, -0.2) is 4.79 Å². The largest absolute Gasteiger partial charge is 0.388 e. The molecular formula is C8H16N2O2. The molecule has 0 aromatic carbocycles. The number of nitrogens with zero attached hydrogens (tertiary/aromatic N) is 1. The quantitative estimate of drug-likeness (QED) is 0.597. The van der Waals surface area contributed by atoms with Crippen molar-refractivity contribution in [2.75, 3.05) is 6.54 Å². The molecule has 1 unspecified atom stereocenters. The van der Waals surface area contributed by atoms with Gasteiger partial charge in [0.15, 0.2) is 0 Å². The summed E-state index contributed by atoms with van der Waals surface area (Å²) in [7, 11) is 0. The molecule has 1 saturated heterocycles. The number of carbonyl (C=O) groups excluding carboxylic acids is 1. The Morgan fingerprint density at radius 3 is 2.58 bits per heavy atom. The van der Waals surface area contributed by atoms with Gasteiger partial charge in [0.05, 0.1) is 11.6 Å². The number of rotatable bonds is 1. The van der Waals surface area contributed by atoms with Crippen molar-refractivity contribution in [2.24, 2.45) is 5.73 Å². The van der Waals surface area contributed by atoms with Crippen LogP contribution < -0.4 is 5.73 Å². The third-order valence-corrected chi connectivity index (χ3v) is 2.35. The van der Waals surface area contributed by atoms with E-state index in [4.69, 9.17) is 5.73 Å². The SMILES string of the molecule is CC(C)(O)C1CCCN1C(N)=O. The van der Waals surface area contributed by atoms with Crippen LogP contribution in [0.2, 0.25) is 0 Å². The molecule has 70 valence electrons. The molecule has 1 fully saturated rings. The highest BCUT2D eigenvalue weighted by atomic mass is 16.3. The lowest BCUT2D eigenvalue weighted by molar-refractivity contribution is 0.0111. The minimum Gasteiger partial charge on any atom is -0.388 e. The Morgan fingerprint density at radius 2 is 2.25 bits per heavy atom. The van der Waals surface area contributed by atoms with E-state index < -0.39 is 11.6 Å². The number of hydrogen-bond donors (Lipinski definition) is 2. The van der Waals surface area contributed by atoms with E-state index in [9.17, 15) is 9.90 Å². The summed E-state index contributed by atoms with van der Waals surface area (Å²) in [6.07, 6.45) is 1.77. The van der Waals surface area contributed by atoms with Gasteiger partial charge in [-0.3, -0.25) is 0 Å². The molecule has 1 rings (SSSR count). The van der Waals surface area contributed by atoms with Gasteiger partial charge >= 0.3 is 6.03 Å². The molecule has 0 bridgehead atoms. The smallest absolute Gasteiger partial charge is 0.315 e. The van der Waals surface area contributed by atoms with Gasteiger partial charge in [0.1, 0.15) is 0 Å². The molecule has 0 radical (unpaired) electrons. The molecule has 4 heteroatoms. The summed E-state index contributed by atoms with van der Waals surface area (Å²) in [4.78, 5) is 12.4. The lowest BCUT2D eigenvalue weighted by atomic mass is 9.97. The Labute approximate surface area is 72.3 Å². The predicted octanol–water partition coefficient (Wildman–Crippen LogP) is 0.300. The van der Waals surface area contributed by atoms with Gasteiger partial charge < -0.3 is 15.7 Å². The van der Waals surface area contributed by atoms with Crippen molar-refractivity contribution in [3.05, 3.63) is 0 Å². The van der Waals surface area contributed by atoms with Crippen LogP contribution in [0.4, 0.5) is 4.79 Å². The fourth-order valence-electron chi connectivity index (χ4n) is 1.77. The molecule has 0 spiro atoms. The third-order valence-electron chi connectivity index (χ3n) is 2.35. The first-order valence-corrected chi connectivity index (χ1v) is 4.21. The van der Waals surface area contributed by atoms with E-state index in [0.717, 1.165) is 12.8 Å². The second-order valence-corrected chi connectivity index (χ2v) is 3.84. The molecule has 2 amide bonds. The van der Waals surface area contributed by atoms with Gasteiger partial charge in [-0.1, -0.05) is 0 Å². The zero-order chi connectivity index (χ0) is 9.35. The summed E-state index contributed by atoms with van der Waals surface area (Å²) in [5.41, 5.74) is 4.32.